The summed E-state index contributed by atoms with van der Waals surface area (Å²) < 4.78 is 5.64. The molecule has 1 heterocycles. The summed E-state index contributed by atoms with van der Waals surface area (Å²) in [6.07, 6.45) is 1.95. The molecule has 19 heavy (non-hydrogen) atoms. The lowest BCUT2D eigenvalue weighted by atomic mass is 10.0. The number of fused-ring (bicyclic) bond motifs is 1. The summed E-state index contributed by atoms with van der Waals surface area (Å²) in [4.78, 5) is 22.7. The van der Waals surface area contributed by atoms with Crippen molar-refractivity contribution in [3.8, 4) is 0 Å². The number of aliphatic carboxylic acids is 1. The van der Waals surface area contributed by atoms with Gasteiger partial charge in [-0.2, -0.15) is 0 Å². The van der Waals surface area contributed by atoms with Crippen LogP contribution >= 0.6 is 0 Å². The third-order valence-corrected chi connectivity index (χ3v) is 3.16. The molecule has 1 aromatic heterocycles. The molecule has 0 spiro atoms. The Hall–Kier alpha value is -2.10. The number of rotatable bonds is 5. The molecule has 4 nitrogen and oxygen atoms in total. The summed E-state index contributed by atoms with van der Waals surface area (Å²) in [7, 11) is 0. The number of carbonyl (C=O) groups is 1. The van der Waals surface area contributed by atoms with Crippen molar-refractivity contribution in [1.29, 1.82) is 0 Å². The van der Waals surface area contributed by atoms with E-state index in [0.29, 0.717) is 41.6 Å². The molecule has 0 atom stereocenters. The summed E-state index contributed by atoms with van der Waals surface area (Å²) in [5.41, 5.74) is 1.25. The van der Waals surface area contributed by atoms with Gasteiger partial charge in [0.05, 0.1) is 5.39 Å². The molecule has 0 aliphatic heterocycles. The zero-order valence-corrected chi connectivity index (χ0v) is 10.8. The van der Waals surface area contributed by atoms with Crippen molar-refractivity contribution in [2.75, 3.05) is 0 Å². The van der Waals surface area contributed by atoms with Crippen LogP contribution in [0.4, 0.5) is 0 Å². The van der Waals surface area contributed by atoms with Gasteiger partial charge in [0.15, 0.2) is 5.43 Å². The van der Waals surface area contributed by atoms with Crippen molar-refractivity contribution in [2.24, 2.45) is 0 Å². The van der Waals surface area contributed by atoms with E-state index < -0.39 is 5.97 Å². The Morgan fingerprint density at radius 2 is 2.00 bits per heavy atom. The van der Waals surface area contributed by atoms with Gasteiger partial charge in [-0.1, -0.05) is 12.1 Å². The molecule has 0 saturated heterocycles. The normalized spacial score (nSPS) is 10.8. The summed E-state index contributed by atoms with van der Waals surface area (Å²) in [5, 5.41) is 9.17. The maximum Gasteiger partial charge on any atom is 0.303 e. The summed E-state index contributed by atoms with van der Waals surface area (Å²) >= 11 is 0. The van der Waals surface area contributed by atoms with E-state index in [1.807, 2.05) is 12.1 Å². The zero-order chi connectivity index (χ0) is 13.8. The SMILES string of the molecule is Cc1oc2ccccc2c(=O)c1CCCCC(=O)O. The molecule has 0 saturated carbocycles. The highest BCUT2D eigenvalue weighted by molar-refractivity contribution is 5.77. The first kappa shape index (κ1) is 13.3. The highest BCUT2D eigenvalue weighted by atomic mass is 16.4. The topological polar surface area (TPSA) is 67.5 Å². The fraction of sp³-hybridized carbons (Fsp3) is 0.333. The number of hydrogen-bond donors (Lipinski definition) is 1. The van der Waals surface area contributed by atoms with Crippen LogP contribution < -0.4 is 5.43 Å². The Balaban J connectivity index is 2.23. The molecule has 1 aromatic carbocycles. The van der Waals surface area contributed by atoms with Gasteiger partial charge in [-0.25, -0.2) is 0 Å². The lowest BCUT2D eigenvalue weighted by Crippen LogP contribution is -2.11. The Labute approximate surface area is 110 Å². The molecule has 0 amide bonds. The predicted octanol–water partition coefficient (Wildman–Crippen LogP) is 2.90. The number of benzene rings is 1. The third kappa shape index (κ3) is 3.02. The predicted molar refractivity (Wildman–Crippen MR) is 72.4 cm³/mol. The Kier molecular flexibility index (Phi) is 4.00. The van der Waals surface area contributed by atoms with E-state index in [0.717, 1.165) is 0 Å². The number of aryl methyl sites for hydroxylation is 1. The van der Waals surface area contributed by atoms with E-state index in [1.165, 1.54) is 0 Å². The molecule has 2 aromatic rings. The number of carboxylic acids is 1. The van der Waals surface area contributed by atoms with Crippen LogP contribution in [0, 0.1) is 6.92 Å². The quantitative estimate of drug-likeness (QED) is 0.839. The van der Waals surface area contributed by atoms with Crippen molar-refractivity contribution in [3.63, 3.8) is 0 Å². The first-order valence-electron chi connectivity index (χ1n) is 6.32. The fourth-order valence-corrected chi connectivity index (χ4v) is 2.16. The van der Waals surface area contributed by atoms with E-state index in [2.05, 4.69) is 0 Å². The second-order valence-electron chi connectivity index (χ2n) is 4.56. The molecular formula is C15H16O4. The van der Waals surface area contributed by atoms with Crippen molar-refractivity contribution in [2.45, 2.75) is 32.6 Å². The molecule has 0 fully saturated rings. The average Bonchev–Trinajstić information content (AvgIpc) is 2.37. The van der Waals surface area contributed by atoms with Gasteiger partial charge >= 0.3 is 5.97 Å². The number of para-hydroxylation sites is 1. The molecule has 1 N–H and O–H groups in total. The van der Waals surface area contributed by atoms with E-state index >= 15 is 0 Å². The van der Waals surface area contributed by atoms with Gasteiger partial charge in [0.25, 0.3) is 0 Å². The Morgan fingerprint density at radius 3 is 2.74 bits per heavy atom. The standard InChI is InChI=1S/C15H16O4/c1-10-11(6-3-5-9-14(16)17)15(18)12-7-2-4-8-13(12)19-10/h2,4,7-8H,3,5-6,9H2,1H3,(H,16,17). The van der Waals surface area contributed by atoms with Crippen LogP contribution in [0.25, 0.3) is 11.0 Å². The number of hydrogen-bond acceptors (Lipinski definition) is 3. The van der Waals surface area contributed by atoms with E-state index in [9.17, 15) is 9.59 Å². The van der Waals surface area contributed by atoms with Gasteiger partial charge in [-0.05, 0) is 38.3 Å². The van der Waals surface area contributed by atoms with Gasteiger partial charge < -0.3 is 9.52 Å². The molecule has 2 rings (SSSR count). The third-order valence-electron chi connectivity index (χ3n) is 3.16. The van der Waals surface area contributed by atoms with Gasteiger partial charge in [0, 0.05) is 12.0 Å². The molecule has 0 radical (unpaired) electrons. The van der Waals surface area contributed by atoms with Crippen molar-refractivity contribution < 1.29 is 14.3 Å². The van der Waals surface area contributed by atoms with Crippen LogP contribution in [0.5, 0.6) is 0 Å². The van der Waals surface area contributed by atoms with Crippen molar-refractivity contribution >= 4 is 16.9 Å². The summed E-state index contributed by atoms with van der Waals surface area (Å²) in [6.45, 7) is 1.78. The Bertz CT molecular complexity index is 655. The van der Waals surface area contributed by atoms with Crippen LogP contribution in [0.15, 0.2) is 33.5 Å². The van der Waals surface area contributed by atoms with E-state index in [4.69, 9.17) is 9.52 Å². The maximum atomic E-state index is 12.3. The minimum atomic E-state index is -0.803. The lowest BCUT2D eigenvalue weighted by Gasteiger charge is -2.06. The van der Waals surface area contributed by atoms with Gasteiger partial charge in [0.1, 0.15) is 11.3 Å². The molecule has 4 heteroatoms. The number of carboxylic acid groups (broad SMARTS) is 1. The monoisotopic (exact) mass is 260 g/mol. The van der Waals surface area contributed by atoms with E-state index in [1.54, 1.807) is 19.1 Å². The van der Waals surface area contributed by atoms with Crippen molar-refractivity contribution in [1.82, 2.24) is 0 Å². The molecule has 0 aliphatic carbocycles. The van der Waals surface area contributed by atoms with Gasteiger partial charge in [-0.3, -0.25) is 9.59 Å². The van der Waals surface area contributed by atoms with Crippen LogP contribution in [-0.2, 0) is 11.2 Å². The number of unbranched alkanes of at least 4 members (excludes halogenated alkanes) is 1. The van der Waals surface area contributed by atoms with Gasteiger partial charge in [0.2, 0.25) is 0 Å². The van der Waals surface area contributed by atoms with Crippen LogP contribution in [0.3, 0.4) is 0 Å². The fourth-order valence-electron chi connectivity index (χ4n) is 2.16. The second kappa shape index (κ2) is 5.69. The van der Waals surface area contributed by atoms with E-state index in [-0.39, 0.29) is 11.8 Å². The first-order chi connectivity index (χ1) is 9.09. The largest absolute Gasteiger partial charge is 0.481 e. The minimum absolute atomic E-state index is 0.00493. The first-order valence-corrected chi connectivity index (χ1v) is 6.32. The highest BCUT2D eigenvalue weighted by Crippen LogP contribution is 2.16. The average molecular weight is 260 g/mol. The Morgan fingerprint density at radius 1 is 1.26 bits per heavy atom. The van der Waals surface area contributed by atoms with Crippen LogP contribution in [-0.4, -0.2) is 11.1 Å². The molecule has 0 aliphatic rings. The second-order valence-corrected chi connectivity index (χ2v) is 4.56. The lowest BCUT2D eigenvalue weighted by molar-refractivity contribution is -0.137. The highest BCUT2D eigenvalue weighted by Gasteiger charge is 2.10. The summed E-state index contributed by atoms with van der Waals surface area (Å²) in [5.74, 6) is -0.179. The smallest absolute Gasteiger partial charge is 0.303 e. The van der Waals surface area contributed by atoms with Crippen molar-refractivity contribution in [3.05, 3.63) is 45.8 Å². The van der Waals surface area contributed by atoms with Crippen LogP contribution in [0.1, 0.15) is 30.6 Å². The van der Waals surface area contributed by atoms with Crippen LogP contribution in [0.2, 0.25) is 0 Å². The maximum absolute atomic E-state index is 12.3. The summed E-state index contributed by atoms with van der Waals surface area (Å²) in [6, 6.07) is 7.17. The zero-order valence-electron chi connectivity index (χ0n) is 10.8. The molecule has 100 valence electrons. The molecule has 0 bridgehead atoms. The molecular weight excluding hydrogens is 244 g/mol. The minimum Gasteiger partial charge on any atom is -0.481 e. The van der Waals surface area contributed by atoms with Gasteiger partial charge in [-0.15, -0.1) is 0 Å². The molecule has 0 unspecified atom stereocenters.